The first kappa shape index (κ1) is 20.3. The van der Waals surface area contributed by atoms with Crippen molar-refractivity contribution in [3.8, 4) is 28.8 Å². The minimum absolute atomic E-state index is 0.103. The van der Waals surface area contributed by atoms with E-state index < -0.39 is 17.5 Å². The minimum atomic E-state index is -1.58. The van der Waals surface area contributed by atoms with Gasteiger partial charge in [0.25, 0.3) is 11.8 Å². The maximum atomic E-state index is 13.0. The Balaban J connectivity index is 1.42. The van der Waals surface area contributed by atoms with E-state index in [1.54, 1.807) is 42.9 Å². The van der Waals surface area contributed by atoms with E-state index in [1.807, 2.05) is 6.07 Å². The molecule has 1 atom stereocenters. The standard InChI is InChI=1S/C23H18N6O4/c1-33-17-4-3-15-12-29(20(30)18(15)8-17)13-23(21(31)27-22(32)28-23)7-6-14-2-5-19(24-9-14)16-10-25-26-11-16/h2-5,8-11H,12-13H2,1H3,(H,25,26)(H2,27,28,31,32)/t23-/m1/s1. The number of rotatable bonds is 4. The highest BCUT2D eigenvalue weighted by atomic mass is 16.5. The van der Waals surface area contributed by atoms with E-state index in [9.17, 15) is 14.4 Å². The first-order valence-corrected chi connectivity index (χ1v) is 10.1. The Hall–Kier alpha value is -4.65. The molecule has 0 saturated carbocycles. The molecule has 1 saturated heterocycles. The Morgan fingerprint density at radius 1 is 1.18 bits per heavy atom. The van der Waals surface area contributed by atoms with Crippen LogP contribution in [0.3, 0.4) is 0 Å². The van der Waals surface area contributed by atoms with Gasteiger partial charge < -0.3 is 15.0 Å². The van der Waals surface area contributed by atoms with Crippen molar-refractivity contribution in [2.75, 3.05) is 13.7 Å². The van der Waals surface area contributed by atoms with Crippen LogP contribution in [-0.4, -0.2) is 57.1 Å². The van der Waals surface area contributed by atoms with Crippen LogP contribution in [0, 0.1) is 11.8 Å². The zero-order chi connectivity index (χ0) is 23.0. The first-order valence-electron chi connectivity index (χ1n) is 10.1. The molecule has 1 aromatic carbocycles. The summed E-state index contributed by atoms with van der Waals surface area (Å²) >= 11 is 0. The van der Waals surface area contributed by atoms with E-state index in [0.717, 1.165) is 11.1 Å². The van der Waals surface area contributed by atoms with Gasteiger partial charge in [-0.2, -0.15) is 5.10 Å². The Bertz CT molecular complexity index is 1320. The van der Waals surface area contributed by atoms with Crippen LogP contribution in [-0.2, 0) is 11.3 Å². The van der Waals surface area contributed by atoms with Gasteiger partial charge in [0.05, 0.1) is 25.5 Å². The molecule has 0 bridgehead atoms. The van der Waals surface area contributed by atoms with Crippen molar-refractivity contribution in [1.29, 1.82) is 0 Å². The average molecular weight is 442 g/mol. The molecule has 10 nitrogen and oxygen atoms in total. The van der Waals surface area contributed by atoms with Gasteiger partial charge in [-0.1, -0.05) is 17.9 Å². The number of benzene rings is 1. The number of amides is 4. The molecule has 0 spiro atoms. The number of ether oxygens (including phenoxy) is 1. The fraction of sp³-hybridized carbons (Fsp3) is 0.174. The van der Waals surface area contributed by atoms with E-state index in [2.05, 4.69) is 37.7 Å². The molecule has 4 amide bonds. The number of hydrogen-bond acceptors (Lipinski definition) is 6. The average Bonchev–Trinajstić information content (AvgIpc) is 3.52. The second kappa shape index (κ2) is 7.80. The van der Waals surface area contributed by atoms with Crippen LogP contribution >= 0.6 is 0 Å². The maximum Gasteiger partial charge on any atom is 0.323 e. The third-order valence-corrected chi connectivity index (χ3v) is 5.54. The molecule has 0 aliphatic carbocycles. The van der Waals surface area contributed by atoms with E-state index in [-0.39, 0.29) is 12.5 Å². The lowest BCUT2D eigenvalue weighted by atomic mass is 9.99. The predicted octanol–water partition coefficient (Wildman–Crippen LogP) is 1.07. The van der Waals surface area contributed by atoms with Crippen molar-refractivity contribution >= 4 is 17.8 Å². The summed E-state index contributed by atoms with van der Waals surface area (Å²) < 4.78 is 5.20. The topological polar surface area (TPSA) is 129 Å². The third-order valence-electron chi connectivity index (χ3n) is 5.54. The van der Waals surface area contributed by atoms with Crippen molar-refractivity contribution in [1.82, 2.24) is 30.7 Å². The fourth-order valence-corrected chi connectivity index (χ4v) is 3.82. The van der Waals surface area contributed by atoms with Crippen molar-refractivity contribution in [2.45, 2.75) is 12.1 Å². The maximum absolute atomic E-state index is 13.0. The van der Waals surface area contributed by atoms with Gasteiger partial charge >= 0.3 is 6.03 Å². The number of fused-ring (bicyclic) bond motifs is 1. The monoisotopic (exact) mass is 442 g/mol. The molecule has 5 rings (SSSR count). The summed E-state index contributed by atoms with van der Waals surface area (Å²) in [6.07, 6.45) is 4.95. The van der Waals surface area contributed by atoms with Gasteiger partial charge in [0.2, 0.25) is 5.54 Å². The van der Waals surface area contributed by atoms with Crippen LogP contribution in [0.15, 0.2) is 48.9 Å². The lowest BCUT2D eigenvalue weighted by Gasteiger charge is -2.26. The van der Waals surface area contributed by atoms with Crippen LogP contribution in [0.4, 0.5) is 4.79 Å². The molecule has 2 aliphatic heterocycles. The number of aromatic nitrogens is 3. The molecule has 164 valence electrons. The quantitative estimate of drug-likeness (QED) is 0.409. The Morgan fingerprint density at radius 3 is 2.73 bits per heavy atom. The largest absolute Gasteiger partial charge is 0.497 e. The van der Waals surface area contributed by atoms with E-state index >= 15 is 0 Å². The van der Waals surface area contributed by atoms with Crippen LogP contribution < -0.4 is 15.4 Å². The van der Waals surface area contributed by atoms with Crippen LogP contribution in [0.25, 0.3) is 11.3 Å². The number of H-pyrrole nitrogens is 1. The highest BCUT2D eigenvalue weighted by Crippen LogP contribution is 2.28. The molecule has 10 heteroatoms. The highest BCUT2D eigenvalue weighted by molar-refractivity contribution is 6.10. The van der Waals surface area contributed by atoms with Gasteiger partial charge in [-0.15, -0.1) is 0 Å². The second-order valence-electron chi connectivity index (χ2n) is 7.67. The summed E-state index contributed by atoms with van der Waals surface area (Å²) in [6.45, 7) is 0.194. The number of nitrogens with zero attached hydrogens (tertiary/aromatic N) is 3. The SMILES string of the molecule is COc1ccc2c(c1)C(=O)N(C[C@@]1(C#Cc3ccc(-c4cn[nH]c4)nc3)NC(=O)NC1=O)C2. The Labute approximate surface area is 188 Å². The van der Waals surface area contributed by atoms with Crippen molar-refractivity contribution < 1.29 is 19.1 Å². The number of hydrogen-bond donors (Lipinski definition) is 3. The number of pyridine rings is 1. The minimum Gasteiger partial charge on any atom is -0.497 e. The molecular weight excluding hydrogens is 424 g/mol. The summed E-state index contributed by atoms with van der Waals surface area (Å²) in [5.41, 5.74) is 1.83. The molecule has 4 heterocycles. The van der Waals surface area contributed by atoms with Crippen molar-refractivity contribution in [3.05, 3.63) is 65.6 Å². The van der Waals surface area contributed by atoms with E-state index in [1.165, 1.54) is 12.0 Å². The number of aromatic amines is 1. The van der Waals surface area contributed by atoms with Gasteiger partial charge in [0, 0.05) is 35.6 Å². The predicted molar refractivity (Wildman–Crippen MR) is 116 cm³/mol. The molecular formula is C23H18N6O4. The number of carbonyl (C=O) groups excluding carboxylic acids is 3. The number of imide groups is 1. The van der Waals surface area contributed by atoms with Crippen molar-refractivity contribution in [2.24, 2.45) is 0 Å². The third kappa shape index (κ3) is 3.65. The second-order valence-corrected chi connectivity index (χ2v) is 7.67. The molecule has 0 unspecified atom stereocenters. The van der Waals surface area contributed by atoms with E-state index in [4.69, 9.17) is 4.74 Å². The number of methoxy groups -OCH3 is 1. The van der Waals surface area contributed by atoms with Gasteiger partial charge in [0.1, 0.15) is 5.75 Å². The van der Waals surface area contributed by atoms with Crippen LogP contribution in [0.2, 0.25) is 0 Å². The smallest absolute Gasteiger partial charge is 0.323 e. The molecule has 2 aliphatic rings. The van der Waals surface area contributed by atoms with Gasteiger partial charge in [-0.3, -0.25) is 25.0 Å². The number of carbonyl (C=O) groups is 3. The summed E-state index contributed by atoms with van der Waals surface area (Å²) in [7, 11) is 1.53. The Kier molecular flexibility index (Phi) is 4.79. The zero-order valence-electron chi connectivity index (χ0n) is 17.5. The molecule has 1 fully saturated rings. The Morgan fingerprint density at radius 2 is 2.06 bits per heavy atom. The summed E-state index contributed by atoms with van der Waals surface area (Å²) in [5.74, 6) is 5.48. The lowest BCUT2D eigenvalue weighted by Crippen LogP contribution is -2.54. The summed E-state index contributed by atoms with van der Waals surface area (Å²) in [4.78, 5) is 43.5. The fourth-order valence-electron chi connectivity index (χ4n) is 3.82. The van der Waals surface area contributed by atoms with Crippen LogP contribution in [0.5, 0.6) is 5.75 Å². The first-order chi connectivity index (χ1) is 16.0. The van der Waals surface area contributed by atoms with Gasteiger partial charge in [0.15, 0.2) is 0 Å². The van der Waals surface area contributed by atoms with Crippen molar-refractivity contribution in [3.63, 3.8) is 0 Å². The lowest BCUT2D eigenvalue weighted by molar-refractivity contribution is -0.122. The van der Waals surface area contributed by atoms with Crippen LogP contribution in [0.1, 0.15) is 21.5 Å². The summed E-state index contributed by atoms with van der Waals surface area (Å²) in [6, 6.07) is 8.13. The number of nitrogens with one attached hydrogen (secondary N) is 3. The molecule has 33 heavy (non-hydrogen) atoms. The summed E-state index contributed by atoms with van der Waals surface area (Å²) in [5, 5.41) is 11.4. The molecule has 3 N–H and O–H groups in total. The number of urea groups is 1. The van der Waals surface area contributed by atoms with Gasteiger partial charge in [-0.25, -0.2) is 4.79 Å². The zero-order valence-corrected chi connectivity index (χ0v) is 17.5. The highest BCUT2D eigenvalue weighted by Gasteiger charge is 2.48. The van der Waals surface area contributed by atoms with Gasteiger partial charge in [-0.05, 0) is 29.8 Å². The molecule has 0 radical (unpaired) electrons. The molecule has 3 aromatic rings. The van der Waals surface area contributed by atoms with E-state index in [0.29, 0.717) is 29.1 Å². The molecule has 2 aromatic heterocycles. The normalized spacial score (nSPS) is 18.9.